The van der Waals surface area contributed by atoms with Gasteiger partial charge in [-0.3, -0.25) is 4.90 Å². The fourth-order valence-electron chi connectivity index (χ4n) is 7.12. The average molecular weight is 466 g/mol. The standard InChI is InChI=1S/C32H35NO2/c1-23-21-29-28(13-8-18-33(29)19-16-24-14-15-30-25(22-24)17-20-35-30)32(31(23)34,26-9-4-2-5-10-26)27-11-6-3-7-12-27/h2-7,9-12,14-15,22,28-29,31,34H,1,8,13,16-21H2/t28-,29?,31?/m0/s1. The smallest absolute Gasteiger partial charge is 0.122 e. The highest BCUT2D eigenvalue weighted by Gasteiger charge is 2.56. The first kappa shape index (κ1) is 22.6. The van der Waals surface area contributed by atoms with Crippen LogP contribution in [0.15, 0.2) is 91.0 Å². The van der Waals surface area contributed by atoms with Gasteiger partial charge < -0.3 is 9.84 Å². The molecule has 3 aromatic carbocycles. The fourth-order valence-corrected chi connectivity index (χ4v) is 7.12. The first-order valence-electron chi connectivity index (χ1n) is 13.1. The molecule has 2 heterocycles. The molecule has 3 aromatic rings. The van der Waals surface area contributed by atoms with E-state index in [-0.39, 0.29) is 0 Å². The Bertz CT molecular complexity index is 1150. The van der Waals surface area contributed by atoms with Gasteiger partial charge in [0.05, 0.1) is 18.1 Å². The number of rotatable bonds is 5. The molecule has 0 radical (unpaired) electrons. The molecule has 2 unspecified atom stereocenters. The van der Waals surface area contributed by atoms with Crippen molar-refractivity contribution in [2.45, 2.75) is 49.7 Å². The molecule has 3 aliphatic rings. The minimum atomic E-state index is -0.592. The molecule has 1 N–H and O–H groups in total. The Morgan fingerprint density at radius 2 is 1.69 bits per heavy atom. The normalized spacial score (nSPS) is 25.5. The van der Waals surface area contributed by atoms with Crippen LogP contribution >= 0.6 is 0 Å². The number of aliphatic hydroxyl groups excluding tert-OH is 1. The molecule has 1 saturated heterocycles. The summed E-state index contributed by atoms with van der Waals surface area (Å²) < 4.78 is 5.70. The van der Waals surface area contributed by atoms with E-state index >= 15 is 0 Å². The van der Waals surface area contributed by atoms with Gasteiger partial charge in [0.1, 0.15) is 5.75 Å². The van der Waals surface area contributed by atoms with Crippen molar-refractivity contribution >= 4 is 0 Å². The highest BCUT2D eigenvalue weighted by molar-refractivity contribution is 5.47. The molecular weight excluding hydrogens is 430 g/mol. The van der Waals surface area contributed by atoms with Gasteiger partial charge in [-0.15, -0.1) is 0 Å². The van der Waals surface area contributed by atoms with Gasteiger partial charge in [0, 0.05) is 19.0 Å². The van der Waals surface area contributed by atoms with Crippen molar-refractivity contribution in [3.63, 3.8) is 0 Å². The number of ether oxygens (including phenoxy) is 1. The second-order valence-electron chi connectivity index (χ2n) is 10.5. The van der Waals surface area contributed by atoms with Crippen LogP contribution in [0.2, 0.25) is 0 Å². The highest BCUT2D eigenvalue weighted by atomic mass is 16.5. The van der Waals surface area contributed by atoms with E-state index in [1.54, 1.807) is 0 Å². The first-order valence-corrected chi connectivity index (χ1v) is 13.1. The summed E-state index contributed by atoms with van der Waals surface area (Å²) in [6.07, 6.45) is 4.60. The lowest BCUT2D eigenvalue weighted by atomic mass is 9.53. The van der Waals surface area contributed by atoms with Crippen molar-refractivity contribution in [1.82, 2.24) is 4.90 Å². The van der Waals surface area contributed by atoms with Gasteiger partial charge in [-0.2, -0.15) is 0 Å². The highest BCUT2D eigenvalue weighted by Crippen LogP contribution is 2.54. The van der Waals surface area contributed by atoms with E-state index in [4.69, 9.17) is 4.74 Å². The zero-order chi connectivity index (χ0) is 23.8. The fraction of sp³-hybridized carbons (Fsp3) is 0.375. The minimum Gasteiger partial charge on any atom is -0.493 e. The number of hydrogen-bond donors (Lipinski definition) is 1. The van der Waals surface area contributed by atoms with Crippen molar-refractivity contribution < 1.29 is 9.84 Å². The Balaban J connectivity index is 1.35. The lowest BCUT2D eigenvalue weighted by Gasteiger charge is -2.57. The molecular formula is C32H35NO2. The van der Waals surface area contributed by atoms with Crippen LogP contribution in [0.5, 0.6) is 5.75 Å². The van der Waals surface area contributed by atoms with Crippen molar-refractivity contribution in [1.29, 1.82) is 0 Å². The molecule has 1 aliphatic carbocycles. The van der Waals surface area contributed by atoms with Crippen molar-refractivity contribution in [2.24, 2.45) is 5.92 Å². The molecule has 2 fully saturated rings. The van der Waals surface area contributed by atoms with E-state index < -0.39 is 11.5 Å². The second kappa shape index (κ2) is 9.29. The van der Waals surface area contributed by atoms with Crippen molar-refractivity contribution in [2.75, 3.05) is 19.7 Å². The van der Waals surface area contributed by atoms with Gasteiger partial charge in [0.25, 0.3) is 0 Å². The molecule has 3 heteroatoms. The maximum absolute atomic E-state index is 11.9. The lowest BCUT2D eigenvalue weighted by molar-refractivity contribution is -0.0192. The van der Waals surface area contributed by atoms with E-state index in [0.717, 1.165) is 63.1 Å². The number of likely N-dealkylation sites (tertiary alicyclic amines) is 1. The third-order valence-electron chi connectivity index (χ3n) is 8.71. The summed E-state index contributed by atoms with van der Waals surface area (Å²) in [6, 6.07) is 28.5. The van der Waals surface area contributed by atoms with E-state index in [2.05, 4.69) is 90.3 Å². The number of hydrogen-bond acceptors (Lipinski definition) is 3. The molecule has 1 saturated carbocycles. The summed E-state index contributed by atoms with van der Waals surface area (Å²) >= 11 is 0. The van der Waals surface area contributed by atoms with Crippen LogP contribution in [0.1, 0.15) is 41.5 Å². The van der Waals surface area contributed by atoms with Crippen LogP contribution in [0.25, 0.3) is 0 Å². The van der Waals surface area contributed by atoms with Crippen LogP contribution < -0.4 is 4.74 Å². The van der Waals surface area contributed by atoms with Gasteiger partial charge in [-0.1, -0.05) is 79.4 Å². The summed E-state index contributed by atoms with van der Waals surface area (Å²) in [5.41, 5.74) is 5.63. The van der Waals surface area contributed by atoms with Gasteiger partial charge in [-0.05, 0) is 72.0 Å². The van der Waals surface area contributed by atoms with E-state index in [1.807, 2.05) is 0 Å². The van der Waals surface area contributed by atoms with Crippen molar-refractivity contribution in [3.05, 3.63) is 113 Å². The Hall–Kier alpha value is -2.88. The molecule has 0 aromatic heterocycles. The van der Waals surface area contributed by atoms with E-state index in [9.17, 15) is 5.11 Å². The summed E-state index contributed by atoms with van der Waals surface area (Å²) in [7, 11) is 0. The number of benzene rings is 3. The van der Waals surface area contributed by atoms with E-state index in [0.29, 0.717) is 12.0 Å². The van der Waals surface area contributed by atoms with Gasteiger partial charge in [-0.25, -0.2) is 0 Å². The van der Waals surface area contributed by atoms with Gasteiger partial charge in [0.2, 0.25) is 0 Å². The molecule has 0 bridgehead atoms. The first-order chi connectivity index (χ1) is 17.2. The quantitative estimate of drug-likeness (QED) is 0.502. The summed E-state index contributed by atoms with van der Waals surface area (Å²) in [5, 5.41) is 11.9. The Labute approximate surface area is 209 Å². The van der Waals surface area contributed by atoms with Crippen LogP contribution in [0.3, 0.4) is 0 Å². The largest absolute Gasteiger partial charge is 0.493 e. The number of fused-ring (bicyclic) bond motifs is 2. The molecule has 3 atom stereocenters. The zero-order valence-electron chi connectivity index (χ0n) is 20.4. The maximum atomic E-state index is 11.9. The number of piperidine rings is 1. The topological polar surface area (TPSA) is 32.7 Å². The van der Waals surface area contributed by atoms with E-state index in [1.165, 1.54) is 22.3 Å². The third kappa shape index (κ3) is 3.82. The summed E-state index contributed by atoms with van der Waals surface area (Å²) in [4.78, 5) is 2.69. The molecule has 180 valence electrons. The van der Waals surface area contributed by atoms with Gasteiger partial charge >= 0.3 is 0 Å². The predicted molar refractivity (Wildman–Crippen MR) is 141 cm³/mol. The Kier molecular flexibility index (Phi) is 5.99. The monoisotopic (exact) mass is 465 g/mol. The molecule has 6 rings (SSSR count). The second-order valence-corrected chi connectivity index (χ2v) is 10.5. The lowest BCUT2D eigenvalue weighted by Crippen LogP contribution is -2.62. The number of nitrogens with zero attached hydrogens (tertiary/aromatic N) is 1. The van der Waals surface area contributed by atoms with Crippen LogP contribution in [0, 0.1) is 5.92 Å². The number of aliphatic hydroxyl groups is 1. The van der Waals surface area contributed by atoms with Crippen LogP contribution in [0.4, 0.5) is 0 Å². The minimum absolute atomic E-state index is 0.329. The third-order valence-corrected chi connectivity index (χ3v) is 8.71. The van der Waals surface area contributed by atoms with Gasteiger partial charge in [0.15, 0.2) is 0 Å². The SMILES string of the molecule is C=C1CC2[C@H](CCCN2CCc2ccc3c(c2)CCO3)C(c2ccccc2)(c2ccccc2)C1O. The Morgan fingerprint density at radius 3 is 2.40 bits per heavy atom. The zero-order valence-corrected chi connectivity index (χ0v) is 20.4. The van der Waals surface area contributed by atoms with Crippen LogP contribution in [-0.2, 0) is 18.3 Å². The maximum Gasteiger partial charge on any atom is 0.122 e. The average Bonchev–Trinajstić information content (AvgIpc) is 3.38. The molecule has 2 aliphatic heterocycles. The predicted octanol–water partition coefficient (Wildman–Crippen LogP) is 5.55. The summed E-state index contributed by atoms with van der Waals surface area (Å²) in [5.74, 6) is 1.38. The van der Waals surface area contributed by atoms with Crippen LogP contribution in [-0.4, -0.2) is 41.8 Å². The Morgan fingerprint density at radius 1 is 0.971 bits per heavy atom. The molecule has 3 nitrogen and oxygen atoms in total. The molecule has 35 heavy (non-hydrogen) atoms. The molecule has 0 spiro atoms. The van der Waals surface area contributed by atoms with Crippen molar-refractivity contribution in [3.8, 4) is 5.75 Å². The molecule has 0 amide bonds. The summed E-state index contributed by atoms with van der Waals surface area (Å²) in [6.45, 7) is 7.38.